The van der Waals surface area contributed by atoms with Crippen LogP contribution >= 0.6 is 0 Å². The number of benzene rings is 8. The molecule has 13 heterocycles. The maximum atomic E-state index is 13.1. The van der Waals surface area contributed by atoms with E-state index in [4.69, 9.17) is 23.7 Å². The van der Waals surface area contributed by atoms with E-state index in [0.717, 1.165) is 138 Å². The van der Waals surface area contributed by atoms with E-state index in [1.807, 2.05) is 249 Å². The Kier molecular flexibility index (Phi) is 30.1. The number of anilines is 7. The largest absolute Gasteiger partial charge is 0.439 e. The minimum absolute atomic E-state index is 0.0254. The van der Waals surface area contributed by atoms with Gasteiger partial charge in [0.25, 0.3) is 23.6 Å². The van der Waals surface area contributed by atoms with E-state index < -0.39 is 0 Å². The first kappa shape index (κ1) is 99.1. The van der Waals surface area contributed by atoms with Crippen LogP contribution in [0.4, 0.5) is 44.6 Å². The standard InChI is InChI=1S/C29H26N6O3.C29H24N6O3.C28H25N7O3.C28H26N6O2/c1-19-3-2-4-24(13-19)38-27-8-6-22(17-31-27)32-29(36)28-25-15-20(5-7-26(25)33-34-28)21-14-23(18-30-16-21)35-9-11-37-12-10-35;1-17-3-2-4-23(11-17)38-26-10-8-21(16-31-26)32-29(37)27-24-13-19(7-9-25(24)34-35-27)20-12-22(15-30-14-20)33-28(36)18-5-6-18;1-17-5-4-6-22(11-17)38-25-10-8-20(16-30-25)31-27(36)26-23-13-18(7-9-24(23)33-34-26)19-12-21(15-29-14-19)32-28(37)35(2)3;1-18-5-4-6-23(11-18)36-26-10-8-22(16-30-26)31-28(35)27-24-13-20(7-9-25(24)32-33-27)21-12-19(14-29-15-21)17-34(2)3/h2-8,13-18H,9-12H2,1H3,(H,32,36)(H,33,34);2-4,7-16,18H,5-6H2,1H3,(H,32,37)(H,33,36)(H,34,35);4-16H,1-3H3,(H,31,36)(H,32,37)(H,33,34);4-16H,17H2,1-3H3,(H,31,35)(H,32,33). The molecular weight excluding hydrogens is 1900 g/mol. The van der Waals surface area contributed by atoms with Crippen LogP contribution in [0.3, 0.4) is 0 Å². The minimum atomic E-state index is -0.382. The first-order chi connectivity index (χ1) is 72.9. The second kappa shape index (κ2) is 45.5. The Hall–Kier alpha value is -19.6. The van der Waals surface area contributed by atoms with E-state index in [1.165, 1.54) is 17.3 Å². The average molecular weight is 2000 g/mol. The normalized spacial score (nSPS) is 12.0. The summed E-state index contributed by atoms with van der Waals surface area (Å²) in [6.45, 7) is 11.9. The zero-order valence-corrected chi connectivity index (χ0v) is 82.7. The van der Waals surface area contributed by atoms with Crippen LogP contribution in [-0.2, 0) is 16.1 Å². The fourth-order valence-electron chi connectivity index (χ4n) is 16.3. The number of pyridine rings is 8. The number of H-pyrrole nitrogens is 4. The summed E-state index contributed by atoms with van der Waals surface area (Å²) < 4.78 is 28.6. The Balaban J connectivity index is 0.000000125. The van der Waals surface area contributed by atoms with Gasteiger partial charge in [-0.05, 0) is 250 Å². The highest BCUT2D eigenvalue weighted by Crippen LogP contribution is 2.37. The second-order valence-electron chi connectivity index (χ2n) is 36.2. The van der Waals surface area contributed by atoms with Gasteiger partial charge in [-0.1, -0.05) is 72.8 Å². The van der Waals surface area contributed by atoms with E-state index in [9.17, 15) is 28.8 Å². The molecule has 10 N–H and O–H groups in total. The van der Waals surface area contributed by atoms with Crippen molar-refractivity contribution in [3.63, 3.8) is 0 Å². The number of hydrogen-bond donors (Lipinski definition) is 10. The third-order valence-corrected chi connectivity index (χ3v) is 24.0. The van der Waals surface area contributed by atoms with Gasteiger partial charge in [-0.2, -0.15) is 20.4 Å². The molecule has 0 atom stereocenters. The zero-order valence-electron chi connectivity index (χ0n) is 82.7. The number of ether oxygens (including phenoxy) is 5. The van der Waals surface area contributed by atoms with Crippen LogP contribution in [0.2, 0.25) is 0 Å². The molecule has 0 unspecified atom stereocenters. The maximum Gasteiger partial charge on any atom is 0.321 e. The lowest BCUT2D eigenvalue weighted by Crippen LogP contribution is -2.36. The van der Waals surface area contributed by atoms with E-state index in [1.54, 1.807) is 99.8 Å². The van der Waals surface area contributed by atoms with Gasteiger partial charge in [0.2, 0.25) is 29.4 Å². The first-order valence-electron chi connectivity index (χ1n) is 48.0. The number of carbonyl (C=O) groups excluding carboxylic acids is 6. The molecule has 0 spiro atoms. The van der Waals surface area contributed by atoms with E-state index in [-0.39, 0.29) is 52.9 Å². The molecule has 2 aliphatic rings. The van der Waals surface area contributed by atoms with Gasteiger partial charge in [0.1, 0.15) is 23.0 Å². The highest BCUT2D eigenvalue weighted by Gasteiger charge is 2.30. The molecule has 1 aliphatic carbocycles. The van der Waals surface area contributed by atoms with Crippen molar-refractivity contribution >= 4 is 119 Å². The van der Waals surface area contributed by atoms with Crippen molar-refractivity contribution in [2.24, 2.45) is 5.92 Å². The molecule has 150 heavy (non-hydrogen) atoms. The Morgan fingerprint density at radius 3 is 0.980 bits per heavy atom. The Bertz CT molecular complexity index is 8100. The number of morpholine rings is 1. The molecule has 0 radical (unpaired) electrons. The van der Waals surface area contributed by atoms with Crippen molar-refractivity contribution in [2.45, 2.75) is 47.1 Å². The smallest absolute Gasteiger partial charge is 0.321 e. The number of urea groups is 1. The third kappa shape index (κ3) is 25.2. The second-order valence-corrected chi connectivity index (χ2v) is 36.2. The fraction of sp³-hybridized carbons (Fsp3) is 0.140. The molecule has 36 heteroatoms. The third-order valence-electron chi connectivity index (χ3n) is 24.0. The molecule has 8 aromatic carbocycles. The van der Waals surface area contributed by atoms with Crippen LogP contribution in [-0.4, -0.2) is 181 Å². The summed E-state index contributed by atoms with van der Waals surface area (Å²) in [6.07, 6.45) is 22.1. The lowest BCUT2D eigenvalue weighted by atomic mass is 10.0. The van der Waals surface area contributed by atoms with Crippen molar-refractivity contribution in [2.75, 3.05) is 91.3 Å². The van der Waals surface area contributed by atoms with Crippen LogP contribution in [0, 0.1) is 33.6 Å². The Labute approximate surface area is 860 Å². The number of nitrogens with zero attached hydrogens (tertiary/aromatic N) is 15. The topological polar surface area (TPSA) is 448 Å². The highest BCUT2D eigenvalue weighted by molar-refractivity contribution is 6.15. The summed E-state index contributed by atoms with van der Waals surface area (Å²) in [6, 6.07) is 75.3. The summed E-state index contributed by atoms with van der Waals surface area (Å²) in [5.74, 6) is 3.25. The number of carbonyl (C=O) groups is 6. The van der Waals surface area contributed by atoms with Gasteiger partial charge >= 0.3 is 6.03 Å². The number of nitrogens with one attached hydrogen (secondary N) is 10. The van der Waals surface area contributed by atoms with E-state index in [2.05, 4.69) is 134 Å². The highest BCUT2D eigenvalue weighted by atomic mass is 16.5. The molecule has 1 aliphatic heterocycles. The van der Waals surface area contributed by atoms with Gasteiger partial charge in [0.05, 0.1) is 118 Å². The number of rotatable bonds is 26. The van der Waals surface area contributed by atoms with Crippen LogP contribution in [0.15, 0.2) is 317 Å². The number of aromatic nitrogens is 16. The summed E-state index contributed by atoms with van der Waals surface area (Å²) in [4.78, 5) is 117. The first-order valence-corrected chi connectivity index (χ1v) is 48.0. The van der Waals surface area contributed by atoms with E-state index >= 15 is 0 Å². The van der Waals surface area contributed by atoms with Gasteiger partial charge < -0.3 is 70.3 Å². The number of fused-ring (bicyclic) bond motifs is 4. The van der Waals surface area contributed by atoms with E-state index in [0.29, 0.717) is 122 Å². The summed E-state index contributed by atoms with van der Waals surface area (Å²) >= 11 is 0. The van der Waals surface area contributed by atoms with Crippen LogP contribution in [0.5, 0.6) is 46.5 Å². The predicted molar refractivity (Wildman–Crippen MR) is 576 cm³/mol. The zero-order chi connectivity index (χ0) is 104. The molecule has 20 aromatic rings. The van der Waals surface area contributed by atoms with Crippen molar-refractivity contribution < 1.29 is 52.5 Å². The summed E-state index contributed by atoms with van der Waals surface area (Å²) in [7, 11) is 7.37. The van der Waals surface area contributed by atoms with Crippen LogP contribution < -0.4 is 55.7 Å². The van der Waals surface area contributed by atoms with Gasteiger partial charge in [-0.25, -0.2) is 24.7 Å². The van der Waals surface area contributed by atoms with Gasteiger partial charge in [-0.15, -0.1) is 0 Å². The minimum Gasteiger partial charge on any atom is -0.439 e. The summed E-state index contributed by atoms with van der Waals surface area (Å²) in [5, 5.41) is 48.6. The van der Waals surface area contributed by atoms with Crippen molar-refractivity contribution in [1.82, 2.24) is 90.5 Å². The van der Waals surface area contributed by atoms with Gasteiger partial charge in [-0.3, -0.25) is 64.3 Å². The molecule has 1 saturated carbocycles. The Morgan fingerprint density at radius 1 is 0.333 bits per heavy atom. The molecule has 22 rings (SSSR count). The number of aromatic amines is 4. The predicted octanol–water partition coefficient (Wildman–Crippen LogP) is 21.8. The maximum absolute atomic E-state index is 13.1. The monoisotopic (exact) mass is 2000 g/mol. The SMILES string of the molecule is Cc1cccc(Oc2ccc(NC(=O)c3n[nH]c4ccc(-c5cncc(CN(C)C)c5)cc34)cn2)c1.Cc1cccc(Oc2ccc(NC(=O)c3n[nH]c4ccc(-c5cncc(N6CCOCC6)c5)cc34)cn2)c1.Cc1cccc(Oc2ccc(NC(=O)c3n[nH]c4ccc(-c5cncc(NC(=O)C6CC6)c5)cc34)cn2)c1.Cc1cccc(Oc2ccc(NC(=O)c3n[nH]c4ccc(-c5cncc(NC(=O)N(C)C)c5)cc34)cn2)c1. The lowest BCUT2D eigenvalue weighted by Gasteiger charge is -2.28. The number of aryl methyl sites for hydroxylation is 4. The Morgan fingerprint density at radius 2 is 0.660 bits per heavy atom. The molecule has 36 nitrogen and oxygen atoms in total. The molecule has 2 fully saturated rings. The van der Waals surface area contributed by atoms with Crippen LogP contribution in [0.25, 0.3) is 88.1 Å². The number of amides is 7. The quantitative estimate of drug-likeness (QED) is 0.0241. The molecular formula is C114H101N25O11. The molecule has 7 amide bonds. The molecule has 12 aromatic heterocycles. The van der Waals surface area contributed by atoms with Crippen LogP contribution in [0.1, 0.15) is 82.6 Å². The average Bonchev–Trinajstić information content (AvgIpc) is 1.65. The van der Waals surface area contributed by atoms with Gasteiger partial charge in [0.15, 0.2) is 22.8 Å². The van der Waals surface area contributed by atoms with Crippen molar-refractivity contribution in [3.05, 3.63) is 368 Å². The molecule has 748 valence electrons. The molecule has 1 saturated heterocycles. The fourth-order valence-corrected chi connectivity index (χ4v) is 16.3. The summed E-state index contributed by atoms with van der Waals surface area (Å²) in [5.41, 5.74) is 21.1. The van der Waals surface area contributed by atoms with Crippen molar-refractivity contribution in [3.8, 4) is 91.0 Å². The lowest BCUT2D eigenvalue weighted by molar-refractivity contribution is -0.117. The van der Waals surface area contributed by atoms with Crippen molar-refractivity contribution in [1.29, 1.82) is 0 Å². The van der Waals surface area contributed by atoms with Gasteiger partial charge in [0, 0.05) is 139 Å². The molecule has 0 bridgehead atoms. The number of hydrogen-bond acceptors (Lipinski definition) is 25.